The molecule has 0 unspecified atom stereocenters. The van der Waals surface area contributed by atoms with Crippen LogP contribution in [0.1, 0.15) is 18.9 Å². The van der Waals surface area contributed by atoms with E-state index >= 15 is 0 Å². The average Bonchev–Trinajstić information content (AvgIpc) is 2.46. The average molecular weight is 357 g/mol. The Morgan fingerprint density at radius 2 is 1.90 bits per heavy atom. The fraction of sp³-hybridized carbons (Fsp3) is 0.250. The van der Waals surface area contributed by atoms with E-state index in [1.54, 1.807) is 12.1 Å². The molecule has 0 spiro atoms. The van der Waals surface area contributed by atoms with Crippen LogP contribution in [0.4, 0.5) is 4.39 Å². The normalized spacial score (nSPS) is 10.8. The second kappa shape index (κ2) is 7.21. The molecule has 0 bridgehead atoms. The van der Waals surface area contributed by atoms with E-state index in [0.717, 1.165) is 30.6 Å². The van der Waals surface area contributed by atoms with Crippen molar-refractivity contribution in [3.8, 4) is 11.1 Å². The van der Waals surface area contributed by atoms with Crippen molar-refractivity contribution in [2.45, 2.75) is 19.9 Å². The maximum Gasteiger partial charge on any atom is 0.150 e. The highest BCUT2D eigenvalue weighted by molar-refractivity contribution is 9.10. The van der Waals surface area contributed by atoms with Gasteiger partial charge in [-0.25, -0.2) is 4.39 Å². The van der Waals surface area contributed by atoms with Crippen LogP contribution in [0.2, 0.25) is 5.02 Å². The first-order valence-corrected chi connectivity index (χ1v) is 7.74. The summed E-state index contributed by atoms with van der Waals surface area (Å²) >= 11 is 9.21. The zero-order chi connectivity index (χ0) is 14.5. The number of halogens is 3. The molecule has 0 aliphatic heterocycles. The lowest BCUT2D eigenvalue weighted by molar-refractivity contribution is 0.630. The maximum absolute atomic E-state index is 14.3. The molecular weight excluding hydrogens is 341 g/mol. The zero-order valence-corrected chi connectivity index (χ0v) is 13.6. The molecule has 0 fully saturated rings. The maximum atomic E-state index is 14.3. The van der Waals surface area contributed by atoms with Gasteiger partial charge in [-0.2, -0.15) is 0 Å². The monoisotopic (exact) mass is 355 g/mol. The number of benzene rings is 2. The second-order valence-corrected chi connectivity index (χ2v) is 5.79. The third-order valence-electron chi connectivity index (χ3n) is 3.08. The molecule has 0 aliphatic rings. The molecule has 1 N–H and O–H groups in total. The molecule has 2 aromatic carbocycles. The first kappa shape index (κ1) is 15.5. The van der Waals surface area contributed by atoms with Gasteiger partial charge in [0.15, 0.2) is 5.82 Å². The molecule has 0 atom stereocenters. The Morgan fingerprint density at radius 1 is 1.15 bits per heavy atom. The summed E-state index contributed by atoms with van der Waals surface area (Å²) in [7, 11) is 0. The van der Waals surface area contributed by atoms with Gasteiger partial charge in [0.1, 0.15) is 0 Å². The first-order chi connectivity index (χ1) is 9.65. The Bertz CT molecular complexity index is 601. The Kier molecular flexibility index (Phi) is 5.58. The van der Waals surface area contributed by atoms with Gasteiger partial charge in [-0.1, -0.05) is 48.9 Å². The van der Waals surface area contributed by atoms with Crippen LogP contribution < -0.4 is 5.32 Å². The summed E-state index contributed by atoms with van der Waals surface area (Å²) in [6.07, 6.45) is 1.07. The molecule has 0 amide bonds. The highest BCUT2D eigenvalue weighted by Gasteiger charge is 2.14. The van der Waals surface area contributed by atoms with Crippen LogP contribution in [0.25, 0.3) is 11.1 Å². The van der Waals surface area contributed by atoms with Crippen molar-refractivity contribution < 1.29 is 4.39 Å². The van der Waals surface area contributed by atoms with E-state index in [0.29, 0.717) is 10.0 Å². The molecule has 2 aromatic rings. The summed E-state index contributed by atoms with van der Waals surface area (Å²) < 4.78 is 14.9. The van der Waals surface area contributed by atoms with Gasteiger partial charge in [-0.15, -0.1) is 0 Å². The SMILES string of the molecule is CCCNCc1ccccc1-c1ccc(Br)c(Cl)c1F. The molecule has 20 heavy (non-hydrogen) atoms. The van der Waals surface area contributed by atoms with Gasteiger partial charge in [-0.05, 0) is 46.1 Å². The Morgan fingerprint density at radius 3 is 2.65 bits per heavy atom. The molecular formula is C16H16BrClFN. The zero-order valence-electron chi connectivity index (χ0n) is 11.2. The standard InChI is InChI=1S/C16H16BrClFN/c1-2-9-20-10-11-5-3-4-6-12(11)13-7-8-14(17)15(18)16(13)19/h3-8,20H,2,9-10H2,1H3. The molecule has 4 heteroatoms. The van der Waals surface area contributed by atoms with Crippen LogP contribution in [-0.4, -0.2) is 6.54 Å². The number of rotatable bonds is 5. The van der Waals surface area contributed by atoms with Gasteiger partial charge in [-0.3, -0.25) is 0 Å². The van der Waals surface area contributed by atoms with Crippen molar-refractivity contribution in [2.75, 3.05) is 6.54 Å². The van der Waals surface area contributed by atoms with Crippen molar-refractivity contribution in [3.05, 3.63) is 57.3 Å². The Hall–Kier alpha value is -0.900. The molecule has 0 heterocycles. The summed E-state index contributed by atoms with van der Waals surface area (Å²) in [6, 6.07) is 11.3. The predicted molar refractivity (Wildman–Crippen MR) is 86.5 cm³/mol. The van der Waals surface area contributed by atoms with Crippen LogP contribution in [0.5, 0.6) is 0 Å². The van der Waals surface area contributed by atoms with Crippen molar-refractivity contribution >= 4 is 27.5 Å². The van der Waals surface area contributed by atoms with E-state index in [2.05, 4.69) is 28.2 Å². The van der Waals surface area contributed by atoms with Gasteiger partial charge >= 0.3 is 0 Å². The second-order valence-electron chi connectivity index (χ2n) is 4.56. The minimum atomic E-state index is -0.385. The van der Waals surface area contributed by atoms with E-state index in [1.165, 1.54) is 0 Å². The number of nitrogens with one attached hydrogen (secondary N) is 1. The highest BCUT2D eigenvalue weighted by Crippen LogP contribution is 2.34. The van der Waals surface area contributed by atoms with Gasteiger partial charge < -0.3 is 5.32 Å². The fourth-order valence-electron chi connectivity index (χ4n) is 2.07. The highest BCUT2D eigenvalue weighted by atomic mass is 79.9. The summed E-state index contributed by atoms with van der Waals surface area (Å²) in [5.41, 5.74) is 2.48. The minimum Gasteiger partial charge on any atom is -0.313 e. The lowest BCUT2D eigenvalue weighted by Crippen LogP contribution is -2.14. The van der Waals surface area contributed by atoms with E-state index < -0.39 is 0 Å². The van der Waals surface area contributed by atoms with Gasteiger partial charge in [0, 0.05) is 16.6 Å². The molecule has 1 nitrogen and oxygen atoms in total. The van der Waals surface area contributed by atoms with Crippen LogP contribution in [0.3, 0.4) is 0 Å². The van der Waals surface area contributed by atoms with Crippen LogP contribution in [0.15, 0.2) is 40.9 Å². The van der Waals surface area contributed by atoms with E-state index in [-0.39, 0.29) is 10.8 Å². The van der Waals surface area contributed by atoms with Gasteiger partial charge in [0.25, 0.3) is 0 Å². The van der Waals surface area contributed by atoms with Gasteiger partial charge in [0.2, 0.25) is 0 Å². The predicted octanol–water partition coefficient (Wildman–Crippen LogP) is 5.41. The number of hydrogen-bond acceptors (Lipinski definition) is 1. The summed E-state index contributed by atoms with van der Waals surface area (Å²) in [4.78, 5) is 0. The third kappa shape index (κ3) is 3.40. The van der Waals surface area contributed by atoms with Crippen LogP contribution in [0, 0.1) is 5.82 Å². The van der Waals surface area contributed by atoms with E-state index in [9.17, 15) is 4.39 Å². The molecule has 0 saturated heterocycles. The summed E-state index contributed by atoms with van der Waals surface area (Å²) in [5.74, 6) is -0.385. The largest absolute Gasteiger partial charge is 0.313 e. The quantitative estimate of drug-likeness (QED) is 0.558. The third-order valence-corrected chi connectivity index (χ3v) is 4.34. The van der Waals surface area contributed by atoms with E-state index in [4.69, 9.17) is 11.6 Å². The summed E-state index contributed by atoms with van der Waals surface area (Å²) in [5, 5.41) is 3.47. The summed E-state index contributed by atoms with van der Waals surface area (Å²) in [6.45, 7) is 3.78. The lowest BCUT2D eigenvalue weighted by Gasteiger charge is -2.12. The van der Waals surface area contributed by atoms with Crippen LogP contribution in [-0.2, 0) is 6.54 Å². The molecule has 106 valence electrons. The fourth-order valence-corrected chi connectivity index (χ4v) is 2.54. The smallest absolute Gasteiger partial charge is 0.150 e. The minimum absolute atomic E-state index is 0.124. The van der Waals surface area contributed by atoms with Gasteiger partial charge in [0.05, 0.1) is 5.02 Å². The van der Waals surface area contributed by atoms with Crippen molar-refractivity contribution in [1.29, 1.82) is 0 Å². The first-order valence-electron chi connectivity index (χ1n) is 6.57. The molecule has 0 aliphatic carbocycles. The molecule has 0 saturated carbocycles. The molecule has 2 rings (SSSR count). The van der Waals surface area contributed by atoms with Crippen molar-refractivity contribution in [2.24, 2.45) is 0 Å². The molecule has 0 aromatic heterocycles. The van der Waals surface area contributed by atoms with E-state index in [1.807, 2.05) is 24.3 Å². The van der Waals surface area contributed by atoms with Crippen LogP contribution >= 0.6 is 27.5 Å². The molecule has 0 radical (unpaired) electrons. The van der Waals surface area contributed by atoms with Crippen molar-refractivity contribution in [3.63, 3.8) is 0 Å². The topological polar surface area (TPSA) is 12.0 Å². The van der Waals surface area contributed by atoms with Crippen molar-refractivity contribution in [1.82, 2.24) is 5.32 Å². The number of hydrogen-bond donors (Lipinski definition) is 1. The Balaban J connectivity index is 2.40. The lowest BCUT2D eigenvalue weighted by atomic mass is 9.99. The Labute approximate surface area is 132 Å².